The zero-order valence-electron chi connectivity index (χ0n) is 13.1. The van der Waals surface area contributed by atoms with Crippen molar-refractivity contribution in [3.63, 3.8) is 0 Å². The quantitative estimate of drug-likeness (QED) is 0.812. The lowest BCUT2D eigenvalue weighted by atomic mass is 10.2. The highest BCUT2D eigenvalue weighted by Gasteiger charge is 2.39. The third-order valence-corrected chi connectivity index (χ3v) is 4.74. The van der Waals surface area contributed by atoms with Crippen molar-refractivity contribution in [1.29, 1.82) is 0 Å². The van der Waals surface area contributed by atoms with Gasteiger partial charge in [-0.1, -0.05) is 6.92 Å². The number of ether oxygens (including phenoxy) is 2. The van der Waals surface area contributed by atoms with E-state index in [-0.39, 0.29) is 0 Å². The second kappa shape index (κ2) is 5.96. The highest BCUT2D eigenvalue weighted by Crippen LogP contribution is 2.32. The average molecular weight is 305 g/mol. The molecule has 7 heteroatoms. The maximum Gasteiger partial charge on any atom is 0.231 e. The first-order chi connectivity index (χ1) is 10.8. The van der Waals surface area contributed by atoms with Crippen molar-refractivity contribution in [2.24, 2.45) is 0 Å². The normalized spacial score (nSPS) is 28.2. The monoisotopic (exact) mass is 305 g/mol. The van der Waals surface area contributed by atoms with Crippen LogP contribution in [0.3, 0.4) is 0 Å². The van der Waals surface area contributed by atoms with Crippen molar-refractivity contribution in [3.8, 4) is 0 Å². The Morgan fingerprint density at radius 1 is 0.955 bits per heavy atom. The largest absolute Gasteiger partial charge is 0.378 e. The summed E-state index contributed by atoms with van der Waals surface area (Å²) >= 11 is 0. The van der Waals surface area contributed by atoms with E-state index in [4.69, 9.17) is 19.4 Å². The van der Waals surface area contributed by atoms with Crippen LogP contribution in [0.15, 0.2) is 0 Å². The molecular weight excluding hydrogens is 282 g/mol. The molecule has 4 rings (SSSR count). The van der Waals surface area contributed by atoms with Crippen molar-refractivity contribution in [3.05, 3.63) is 5.82 Å². The summed E-state index contributed by atoms with van der Waals surface area (Å²) in [7, 11) is 0. The second-order valence-electron chi connectivity index (χ2n) is 6.13. The number of anilines is 2. The van der Waals surface area contributed by atoms with Crippen LogP contribution >= 0.6 is 0 Å². The summed E-state index contributed by atoms with van der Waals surface area (Å²) in [5, 5.41) is 0. The van der Waals surface area contributed by atoms with E-state index < -0.39 is 0 Å². The summed E-state index contributed by atoms with van der Waals surface area (Å²) in [6.45, 7) is 6.85. The molecule has 0 saturated carbocycles. The summed E-state index contributed by atoms with van der Waals surface area (Å²) < 4.78 is 11.1. The molecule has 7 nitrogen and oxygen atoms in total. The van der Waals surface area contributed by atoms with Gasteiger partial charge < -0.3 is 19.3 Å². The highest BCUT2D eigenvalue weighted by atomic mass is 16.5. The van der Waals surface area contributed by atoms with Gasteiger partial charge >= 0.3 is 0 Å². The minimum absolute atomic E-state index is 0.420. The van der Waals surface area contributed by atoms with Gasteiger partial charge in [0.1, 0.15) is 5.82 Å². The first-order valence-corrected chi connectivity index (χ1v) is 8.29. The molecule has 3 aliphatic heterocycles. The molecule has 2 unspecified atom stereocenters. The summed E-state index contributed by atoms with van der Waals surface area (Å²) in [6, 6.07) is 0.840. The van der Waals surface area contributed by atoms with E-state index in [0.717, 1.165) is 63.7 Å². The molecule has 2 atom stereocenters. The standard InChI is InChI=1S/C15H23N5O2/c1-2-13-16-14(19-5-7-21-8-6-19)18-15(17-13)20-11-3-4-12(20)10-22-9-11/h11-12H,2-10H2,1H3. The molecule has 0 N–H and O–H groups in total. The molecule has 1 aromatic heterocycles. The Labute approximate surface area is 130 Å². The third-order valence-electron chi connectivity index (χ3n) is 4.74. The Bertz CT molecular complexity index is 519. The molecule has 0 aliphatic carbocycles. The van der Waals surface area contributed by atoms with Crippen molar-refractivity contribution < 1.29 is 9.47 Å². The van der Waals surface area contributed by atoms with Gasteiger partial charge in [-0.3, -0.25) is 0 Å². The first-order valence-electron chi connectivity index (χ1n) is 8.29. The number of hydrogen-bond acceptors (Lipinski definition) is 7. The van der Waals surface area contributed by atoms with Crippen LogP contribution in [-0.2, 0) is 15.9 Å². The topological polar surface area (TPSA) is 63.6 Å². The van der Waals surface area contributed by atoms with Crippen LogP contribution in [-0.4, -0.2) is 66.6 Å². The fraction of sp³-hybridized carbons (Fsp3) is 0.800. The van der Waals surface area contributed by atoms with E-state index in [1.54, 1.807) is 0 Å². The fourth-order valence-corrected chi connectivity index (χ4v) is 3.53. The zero-order chi connectivity index (χ0) is 14.9. The summed E-state index contributed by atoms with van der Waals surface area (Å²) in [5.74, 6) is 2.51. The van der Waals surface area contributed by atoms with Gasteiger partial charge in [-0.15, -0.1) is 0 Å². The van der Waals surface area contributed by atoms with Crippen molar-refractivity contribution in [2.45, 2.75) is 38.3 Å². The number of aromatic nitrogens is 3. The number of rotatable bonds is 3. The zero-order valence-corrected chi connectivity index (χ0v) is 13.1. The van der Waals surface area contributed by atoms with Crippen molar-refractivity contribution in [1.82, 2.24) is 15.0 Å². The van der Waals surface area contributed by atoms with Crippen LogP contribution in [0.1, 0.15) is 25.6 Å². The van der Waals surface area contributed by atoms with E-state index >= 15 is 0 Å². The maximum atomic E-state index is 5.67. The number of nitrogens with zero attached hydrogens (tertiary/aromatic N) is 5. The Balaban J connectivity index is 1.66. The maximum absolute atomic E-state index is 5.67. The average Bonchev–Trinajstić information content (AvgIpc) is 2.84. The van der Waals surface area contributed by atoms with Gasteiger partial charge in [0.25, 0.3) is 0 Å². The Morgan fingerprint density at radius 3 is 2.32 bits per heavy atom. The number of fused-ring (bicyclic) bond motifs is 2. The van der Waals surface area contributed by atoms with Gasteiger partial charge in [-0.2, -0.15) is 15.0 Å². The molecule has 0 spiro atoms. The predicted molar refractivity (Wildman–Crippen MR) is 82.3 cm³/mol. The van der Waals surface area contributed by atoms with E-state index in [2.05, 4.69) is 21.7 Å². The lowest BCUT2D eigenvalue weighted by Crippen LogP contribution is -2.47. The molecule has 4 heterocycles. The summed E-state index contributed by atoms with van der Waals surface area (Å²) in [4.78, 5) is 18.7. The van der Waals surface area contributed by atoms with Crippen LogP contribution in [0.25, 0.3) is 0 Å². The second-order valence-corrected chi connectivity index (χ2v) is 6.13. The molecule has 0 amide bonds. The lowest BCUT2D eigenvalue weighted by molar-refractivity contribution is 0.0896. The number of morpholine rings is 2. The van der Waals surface area contributed by atoms with E-state index in [1.807, 2.05) is 0 Å². The van der Waals surface area contributed by atoms with Crippen LogP contribution in [0, 0.1) is 0 Å². The minimum atomic E-state index is 0.420. The SMILES string of the molecule is CCc1nc(N2CCOCC2)nc(N2C3CCC2COC3)n1. The Morgan fingerprint density at radius 2 is 1.64 bits per heavy atom. The molecule has 1 aromatic rings. The molecule has 3 aliphatic rings. The van der Waals surface area contributed by atoms with Crippen LogP contribution < -0.4 is 9.80 Å². The van der Waals surface area contributed by atoms with Crippen LogP contribution in [0.5, 0.6) is 0 Å². The number of aryl methyl sites for hydroxylation is 1. The fourth-order valence-electron chi connectivity index (χ4n) is 3.53. The Kier molecular flexibility index (Phi) is 3.83. The first kappa shape index (κ1) is 14.1. The van der Waals surface area contributed by atoms with Crippen molar-refractivity contribution >= 4 is 11.9 Å². The minimum Gasteiger partial charge on any atom is -0.378 e. The van der Waals surface area contributed by atoms with Gasteiger partial charge in [0.2, 0.25) is 11.9 Å². The summed E-state index contributed by atoms with van der Waals surface area (Å²) in [6.07, 6.45) is 3.17. The molecule has 22 heavy (non-hydrogen) atoms. The van der Waals surface area contributed by atoms with Gasteiger partial charge in [0.15, 0.2) is 0 Å². The van der Waals surface area contributed by atoms with Gasteiger partial charge in [-0.25, -0.2) is 0 Å². The molecular formula is C15H23N5O2. The van der Waals surface area contributed by atoms with E-state index in [9.17, 15) is 0 Å². The molecule has 2 bridgehead atoms. The molecule has 3 fully saturated rings. The van der Waals surface area contributed by atoms with Crippen LogP contribution in [0.2, 0.25) is 0 Å². The smallest absolute Gasteiger partial charge is 0.231 e. The van der Waals surface area contributed by atoms with Gasteiger partial charge in [0.05, 0.1) is 38.5 Å². The molecule has 0 radical (unpaired) electrons. The lowest BCUT2D eigenvalue weighted by Gasteiger charge is -2.35. The van der Waals surface area contributed by atoms with E-state index in [1.165, 1.54) is 12.8 Å². The summed E-state index contributed by atoms with van der Waals surface area (Å²) in [5.41, 5.74) is 0. The van der Waals surface area contributed by atoms with Gasteiger partial charge in [-0.05, 0) is 12.8 Å². The van der Waals surface area contributed by atoms with Crippen LogP contribution in [0.4, 0.5) is 11.9 Å². The molecule has 0 aromatic carbocycles. The highest BCUT2D eigenvalue weighted by molar-refractivity contribution is 5.43. The van der Waals surface area contributed by atoms with Crippen molar-refractivity contribution in [2.75, 3.05) is 49.3 Å². The third kappa shape index (κ3) is 2.52. The molecule has 120 valence electrons. The Hall–Kier alpha value is -1.47. The van der Waals surface area contributed by atoms with E-state index in [0.29, 0.717) is 12.1 Å². The number of hydrogen-bond donors (Lipinski definition) is 0. The predicted octanol–water partition coefficient (Wildman–Crippen LogP) is 0.638. The van der Waals surface area contributed by atoms with Gasteiger partial charge in [0, 0.05) is 19.5 Å². The molecule has 3 saturated heterocycles.